The normalized spacial score (nSPS) is 19.8. The zero-order valence-electron chi connectivity index (χ0n) is 29.1. The number of amides is 3. The van der Waals surface area contributed by atoms with Crippen LogP contribution in [0.2, 0.25) is 0 Å². The maximum atomic E-state index is 14.7. The summed E-state index contributed by atoms with van der Waals surface area (Å²) in [7, 11) is 0. The molecule has 4 aromatic rings. The van der Waals surface area contributed by atoms with Crippen LogP contribution in [0.5, 0.6) is 0 Å². The molecule has 1 N–H and O–H groups in total. The van der Waals surface area contributed by atoms with Crippen LogP contribution in [0.25, 0.3) is 11.3 Å². The van der Waals surface area contributed by atoms with Crippen LogP contribution in [0.4, 0.5) is 9.59 Å². The number of ether oxygens (including phenoxy) is 2. The predicted molar refractivity (Wildman–Crippen MR) is 188 cm³/mol. The number of rotatable bonds is 8. The smallest absolute Gasteiger partial charge is 0.410 e. The highest BCUT2D eigenvalue weighted by Gasteiger charge is 2.38. The summed E-state index contributed by atoms with van der Waals surface area (Å²) in [6, 6.07) is 22.8. The van der Waals surface area contributed by atoms with Crippen molar-refractivity contribution in [1.82, 2.24) is 24.7 Å². The van der Waals surface area contributed by atoms with E-state index in [-0.39, 0.29) is 30.6 Å². The Balaban J connectivity index is 1.30. The minimum Gasteiger partial charge on any atom is -0.467 e. The fourth-order valence-corrected chi connectivity index (χ4v) is 6.92. The summed E-state index contributed by atoms with van der Waals surface area (Å²) in [4.78, 5) is 49.2. The predicted octanol–water partition coefficient (Wildman–Crippen LogP) is 7.25. The number of aromatic nitrogens is 2. The molecular formula is C39H47N5O6. The lowest BCUT2D eigenvalue weighted by atomic mass is 10.00. The Hall–Kier alpha value is -5.06. The van der Waals surface area contributed by atoms with Crippen molar-refractivity contribution < 1.29 is 28.3 Å². The summed E-state index contributed by atoms with van der Waals surface area (Å²) in [5, 5.41) is 2.81. The molecule has 1 saturated heterocycles. The van der Waals surface area contributed by atoms with Crippen molar-refractivity contribution in [2.45, 2.75) is 89.6 Å². The number of hydrogen-bond acceptors (Lipinski definition) is 7. The van der Waals surface area contributed by atoms with E-state index in [1.807, 2.05) is 90.9 Å². The standard InChI is InChI=1S/C39H47N5O6/c1-39(2,3)50-38(47)42-21-22-43(30(26-42)24-28-14-7-4-8-15-28)36(45)34-35(29-16-9-5-10-17-29)44(27-41-34)32-19-11-6-12-20-33(32)49-37(46)40-25-31-18-13-23-48-31/h4-5,7-10,13-18,23,27,30,32-33H,6,11-12,19-22,24-26H2,1-3H3,(H,40,46)/t30-,32?,33+/m1/s1. The molecule has 2 aromatic carbocycles. The Kier molecular flexibility index (Phi) is 10.9. The number of carbonyl (C=O) groups excluding carboxylic acids is 3. The van der Waals surface area contributed by atoms with E-state index in [4.69, 9.17) is 18.9 Å². The molecule has 50 heavy (non-hydrogen) atoms. The monoisotopic (exact) mass is 681 g/mol. The van der Waals surface area contributed by atoms with Crippen LogP contribution in [-0.4, -0.2) is 74.8 Å². The van der Waals surface area contributed by atoms with Crippen molar-refractivity contribution in [2.24, 2.45) is 0 Å². The molecule has 3 atom stereocenters. The van der Waals surface area contributed by atoms with Gasteiger partial charge in [0.1, 0.15) is 17.5 Å². The number of furan rings is 1. The second-order valence-corrected chi connectivity index (χ2v) is 14.1. The van der Waals surface area contributed by atoms with Gasteiger partial charge in [0.15, 0.2) is 5.69 Å². The maximum absolute atomic E-state index is 14.7. The van der Waals surface area contributed by atoms with Crippen LogP contribution in [0.3, 0.4) is 0 Å². The van der Waals surface area contributed by atoms with E-state index in [0.717, 1.165) is 36.8 Å². The van der Waals surface area contributed by atoms with Gasteiger partial charge in [-0.25, -0.2) is 14.6 Å². The first-order chi connectivity index (χ1) is 24.2. The number of carbonyl (C=O) groups is 3. The third kappa shape index (κ3) is 8.56. The van der Waals surface area contributed by atoms with Gasteiger partial charge in [-0.05, 0) is 64.2 Å². The molecule has 2 fully saturated rings. The van der Waals surface area contributed by atoms with Crippen LogP contribution in [-0.2, 0) is 22.4 Å². The number of piperazine rings is 1. The van der Waals surface area contributed by atoms with Crippen molar-refractivity contribution in [2.75, 3.05) is 19.6 Å². The highest BCUT2D eigenvalue weighted by molar-refractivity contribution is 5.98. The Bertz CT molecular complexity index is 1720. The van der Waals surface area contributed by atoms with Gasteiger partial charge in [0.05, 0.1) is 36.9 Å². The average molecular weight is 682 g/mol. The topological polar surface area (TPSA) is 119 Å². The van der Waals surface area contributed by atoms with E-state index in [2.05, 4.69) is 5.32 Å². The van der Waals surface area contributed by atoms with E-state index in [1.54, 1.807) is 29.6 Å². The van der Waals surface area contributed by atoms with Crippen LogP contribution < -0.4 is 5.32 Å². The molecule has 1 aliphatic carbocycles. The molecular weight excluding hydrogens is 634 g/mol. The lowest BCUT2D eigenvalue weighted by Crippen LogP contribution is -2.58. The summed E-state index contributed by atoms with van der Waals surface area (Å²) < 4.78 is 19.2. The molecule has 3 heterocycles. The van der Waals surface area contributed by atoms with Gasteiger partial charge in [-0.2, -0.15) is 0 Å². The molecule has 11 nitrogen and oxygen atoms in total. The first-order valence-corrected chi connectivity index (χ1v) is 17.6. The zero-order valence-corrected chi connectivity index (χ0v) is 29.1. The Morgan fingerprint density at radius 3 is 2.38 bits per heavy atom. The molecule has 2 aliphatic rings. The largest absolute Gasteiger partial charge is 0.467 e. The molecule has 264 valence electrons. The zero-order chi connectivity index (χ0) is 35.1. The van der Waals surface area contributed by atoms with Gasteiger partial charge in [-0.3, -0.25) is 4.79 Å². The number of nitrogens with one attached hydrogen (secondary N) is 1. The molecule has 1 unspecified atom stereocenters. The van der Waals surface area contributed by atoms with Gasteiger partial charge in [0.2, 0.25) is 0 Å². The molecule has 11 heteroatoms. The number of alkyl carbamates (subject to hydrolysis) is 1. The summed E-state index contributed by atoms with van der Waals surface area (Å²) in [5.74, 6) is 0.440. The van der Waals surface area contributed by atoms with Gasteiger partial charge in [0, 0.05) is 25.2 Å². The van der Waals surface area contributed by atoms with Crippen LogP contribution in [0.1, 0.15) is 80.7 Å². The lowest BCUT2D eigenvalue weighted by molar-refractivity contribution is 0.00429. The van der Waals surface area contributed by atoms with E-state index in [9.17, 15) is 14.4 Å². The third-order valence-corrected chi connectivity index (χ3v) is 9.27. The molecule has 2 aromatic heterocycles. The maximum Gasteiger partial charge on any atom is 0.410 e. The Morgan fingerprint density at radius 2 is 1.66 bits per heavy atom. The fraction of sp³-hybridized carbons (Fsp3) is 0.436. The fourth-order valence-electron chi connectivity index (χ4n) is 6.92. The molecule has 3 amide bonds. The van der Waals surface area contributed by atoms with E-state index >= 15 is 0 Å². The van der Waals surface area contributed by atoms with Crippen molar-refractivity contribution >= 4 is 18.1 Å². The van der Waals surface area contributed by atoms with E-state index < -0.39 is 17.8 Å². The molecule has 6 rings (SSSR count). The van der Waals surface area contributed by atoms with E-state index in [0.29, 0.717) is 49.6 Å². The van der Waals surface area contributed by atoms with Gasteiger partial charge < -0.3 is 33.6 Å². The second kappa shape index (κ2) is 15.7. The summed E-state index contributed by atoms with van der Waals surface area (Å²) in [6.45, 7) is 6.80. The molecule has 1 saturated carbocycles. The third-order valence-electron chi connectivity index (χ3n) is 9.27. The first kappa shape index (κ1) is 34.8. The SMILES string of the molecule is CC(C)(C)OC(=O)N1CCN(C(=O)c2ncn(C3CCCCC[C@@H]3OC(=O)NCc3ccco3)c2-c2ccccc2)[C@H](Cc2ccccc2)C1. The summed E-state index contributed by atoms with van der Waals surface area (Å²) >= 11 is 0. The molecule has 0 radical (unpaired) electrons. The van der Waals surface area contributed by atoms with Gasteiger partial charge in [-0.1, -0.05) is 73.5 Å². The van der Waals surface area contributed by atoms with Crippen molar-refractivity contribution in [3.8, 4) is 11.3 Å². The quantitative estimate of drug-likeness (QED) is 0.195. The lowest BCUT2D eigenvalue weighted by Gasteiger charge is -2.41. The van der Waals surface area contributed by atoms with Crippen molar-refractivity contribution in [3.05, 3.63) is 102 Å². The van der Waals surface area contributed by atoms with Gasteiger partial charge in [-0.15, -0.1) is 0 Å². The second-order valence-electron chi connectivity index (χ2n) is 14.1. The highest BCUT2D eigenvalue weighted by atomic mass is 16.6. The summed E-state index contributed by atoms with van der Waals surface area (Å²) in [5.41, 5.74) is 2.32. The average Bonchev–Trinajstić information content (AvgIpc) is 3.74. The number of benzene rings is 2. The number of imidazole rings is 1. The first-order valence-electron chi connectivity index (χ1n) is 17.6. The van der Waals surface area contributed by atoms with Crippen molar-refractivity contribution in [1.29, 1.82) is 0 Å². The highest BCUT2D eigenvalue weighted by Crippen LogP contribution is 2.36. The molecule has 0 bridgehead atoms. The Morgan fingerprint density at radius 1 is 0.920 bits per heavy atom. The number of nitrogens with zero attached hydrogens (tertiary/aromatic N) is 4. The minimum absolute atomic E-state index is 0.199. The van der Waals surface area contributed by atoms with E-state index in [1.165, 1.54) is 0 Å². The number of hydrogen-bond donors (Lipinski definition) is 1. The van der Waals surface area contributed by atoms with Gasteiger partial charge in [0.25, 0.3) is 5.91 Å². The van der Waals surface area contributed by atoms with Crippen LogP contribution in [0.15, 0.2) is 89.8 Å². The molecule has 0 spiro atoms. The van der Waals surface area contributed by atoms with Crippen molar-refractivity contribution in [3.63, 3.8) is 0 Å². The van der Waals surface area contributed by atoms with Gasteiger partial charge >= 0.3 is 12.2 Å². The van der Waals surface area contributed by atoms with Crippen LogP contribution in [0, 0.1) is 0 Å². The van der Waals surface area contributed by atoms with Crippen LogP contribution >= 0.6 is 0 Å². The minimum atomic E-state index is -0.629. The Labute approximate surface area is 293 Å². The summed E-state index contributed by atoms with van der Waals surface area (Å²) in [6.07, 6.45) is 6.92. The molecule has 1 aliphatic heterocycles.